The Labute approximate surface area is 131 Å². The molecule has 3 amide bonds. The molecule has 122 valence electrons. The summed E-state index contributed by atoms with van der Waals surface area (Å²) in [5.41, 5.74) is -0.341. The third-order valence-electron chi connectivity index (χ3n) is 4.80. The topological polar surface area (TPSA) is 78.5 Å². The maximum atomic E-state index is 12.3. The van der Waals surface area contributed by atoms with Crippen molar-refractivity contribution in [3.8, 4) is 0 Å². The molecule has 2 aliphatic rings. The summed E-state index contributed by atoms with van der Waals surface area (Å²) < 4.78 is 0. The summed E-state index contributed by atoms with van der Waals surface area (Å²) in [6.07, 6.45) is 3.33. The second-order valence-electron chi connectivity index (χ2n) is 6.72. The van der Waals surface area contributed by atoms with E-state index in [1.807, 2.05) is 13.8 Å². The first-order valence-electron chi connectivity index (χ1n) is 7.83. The van der Waals surface area contributed by atoms with Gasteiger partial charge >= 0.3 is 0 Å². The predicted octanol–water partition coefficient (Wildman–Crippen LogP) is 0.442. The number of piperidine rings is 1. The average molecular weight is 307 g/mol. The molecule has 0 bridgehead atoms. The van der Waals surface area contributed by atoms with Gasteiger partial charge < -0.3 is 15.5 Å². The molecular formula is C16H25N3O3. The molecule has 2 rings (SSSR count). The molecule has 6 heteroatoms. The van der Waals surface area contributed by atoms with Crippen LogP contribution in [0.25, 0.3) is 0 Å². The van der Waals surface area contributed by atoms with E-state index in [0.29, 0.717) is 25.6 Å². The van der Waals surface area contributed by atoms with Crippen LogP contribution < -0.4 is 10.6 Å². The molecular weight excluding hydrogens is 282 g/mol. The largest absolute Gasteiger partial charge is 0.355 e. The van der Waals surface area contributed by atoms with Crippen molar-refractivity contribution in [2.24, 2.45) is 11.8 Å². The number of nitrogens with one attached hydrogen (secondary N) is 2. The molecule has 0 aromatic heterocycles. The lowest BCUT2D eigenvalue weighted by Crippen LogP contribution is -2.54. The zero-order valence-corrected chi connectivity index (χ0v) is 13.4. The van der Waals surface area contributed by atoms with Crippen molar-refractivity contribution in [3.63, 3.8) is 0 Å². The summed E-state index contributed by atoms with van der Waals surface area (Å²) in [4.78, 5) is 36.9. The van der Waals surface area contributed by atoms with E-state index in [1.54, 1.807) is 4.90 Å². The molecule has 0 radical (unpaired) electrons. The van der Waals surface area contributed by atoms with Crippen molar-refractivity contribution in [1.29, 1.82) is 0 Å². The zero-order valence-electron chi connectivity index (χ0n) is 13.4. The number of carbonyl (C=O) groups excluding carboxylic acids is 3. The van der Waals surface area contributed by atoms with Crippen LogP contribution in [0.4, 0.5) is 0 Å². The van der Waals surface area contributed by atoms with Crippen molar-refractivity contribution >= 4 is 17.7 Å². The van der Waals surface area contributed by atoms with Crippen LogP contribution in [0, 0.1) is 11.8 Å². The van der Waals surface area contributed by atoms with Crippen LogP contribution in [0.1, 0.15) is 33.1 Å². The Morgan fingerprint density at radius 3 is 2.50 bits per heavy atom. The number of carbonyl (C=O) groups is 3. The summed E-state index contributed by atoms with van der Waals surface area (Å²) in [7, 11) is 0. The summed E-state index contributed by atoms with van der Waals surface area (Å²) in [6, 6.07) is 0. The molecule has 0 saturated carbocycles. The number of hydrogen-bond donors (Lipinski definition) is 2. The van der Waals surface area contributed by atoms with Crippen LogP contribution in [0.5, 0.6) is 0 Å². The maximum Gasteiger partial charge on any atom is 0.245 e. The molecule has 2 aliphatic heterocycles. The van der Waals surface area contributed by atoms with Crippen LogP contribution in [-0.4, -0.2) is 47.8 Å². The number of likely N-dealkylation sites (tertiary alicyclic amines) is 1. The third-order valence-corrected chi connectivity index (χ3v) is 4.80. The molecule has 22 heavy (non-hydrogen) atoms. The van der Waals surface area contributed by atoms with Crippen molar-refractivity contribution in [2.45, 2.75) is 38.6 Å². The van der Waals surface area contributed by atoms with E-state index < -0.39 is 0 Å². The Bertz CT molecular complexity index is 479. The maximum absolute atomic E-state index is 12.3. The predicted molar refractivity (Wildman–Crippen MR) is 82.8 cm³/mol. The van der Waals surface area contributed by atoms with Gasteiger partial charge in [-0.25, -0.2) is 0 Å². The summed E-state index contributed by atoms with van der Waals surface area (Å²) in [6.45, 7) is 9.36. The second kappa shape index (κ2) is 6.50. The molecule has 2 N–H and O–H groups in total. The van der Waals surface area contributed by atoms with Gasteiger partial charge in [-0.2, -0.15) is 0 Å². The van der Waals surface area contributed by atoms with Crippen LogP contribution >= 0.6 is 0 Å². The molecule has 2 saturated heterocycles. The molecule has 0 aromatic rings. The first-order chi connectivity index (χ1) is 10.3. The van der Waals surface area contributed by atoms with Crippen molar-refractivity contribution in [1.82, 2.24) is 15.5 Å². The molecule has 0 unspecified atom stereocenters. The highest BCUT2D eigenvalue weighted by atomic mass is 16.2. The van der Waals surface area contributed by atoms with Gasteiger partial charge in [-0.15, -0.1) is 0 Å². The molecule has 6 nitrogen and oxygen atoms in total. The second-order valence-corrected chi connectivity index (χ2v) is 6.72. The molecule has 0 aliphatic carbocycles. The number of hydrogen-bond acceptors (Lipinski definition) is 3. The Kier molecular flexibility index (Phi) is 4.88. The number of rotatable bonds is 4. The fourth-order valence-electron chi connectivity index (χ4n) is 3.26. The fourth-order valence-corrected chi connectivity index (χ4v) is 3.26. The van der Waals surface area contributed by atoms with E-state index in [1.165, 1.54) is 6.08 Å². The minimum atomic E-state index is -0.341. The van der Waals surface area contributed by atoms with Crippen LogP contribution in [0.3, 0.4) is 0 Å². The molecule has 2 heterocycles. The lowest BCUT2D eigenvalue weighted by Gasteiger charge is -2.41. The van der Waals surface area contributed by atoms with E-state index in [4.69, 9.17) is 0 Å². The molecule has 0 spiro atoms. The van der Waals surface area contributed by atoms with Gasteiger partial charge in [-0.3, -0.25) is 14.4 Å². The zero-order chi connectivity index (χ0) is 16.3. The standard InChI is InChI=1S/C16H25N3O3/c1-4-14(21)19-7-5-12(6-8-19)16(2,3)18-15(22)11-9-13(20)17-10-11/h4,11-12H,1,5-10H2,2-3H3,(H,17,20)(H,18,22)/t11-/m0/s1. The lowest BCUT2D eigenvalue weighted by molar-refractivity contribution is -0.130. The molecule has 2 fully saturated rings. The van der Waals surface area contributed by atoms with E-state index in [0.717, 1.165) is 12.8 Å². The highest BCUT2D eigenvalue weighted by molar-refractivity contribution is 5.89. The van der Waals surface area contributed by atoms with Gasteiger partial charge in [0.1, 0.15) is 0 Å². The monoisotopic (exact) mass is 307 g/mol. The van der Waals surface area contributed by atoms with Crippen molar-refractivity contribution < 1.29 is 14.4 Å². The number of nitrogens with zero attached hydrogens (tertiary/aromatic N) is 1. The van der Waals surface area contributed by atoms with Crippen LogP contribution in [0.15, 0.2) is 12.7 Å². The quantitative estimate of drug-likeness (QED) is 0.740. The first kappa shape index (κ1) is 16.5. The summed E-state index contributed by atoms with van der Waals surface area (Å²) in [5, 5.41) is 5.78. The smallest absolute Gasteiger partial charge is 0.245 e. The average Bonchev–Trinajstić information content (AvgIpc) is 2.93. The van der Waals surface area contributed by atoms with Gasteiger partial charge in [0.15, 0.2) is 0 Å². The fraction of sp³-hybridized carbons (Fsp3) is 0.688. The Morgan fingerprint density at radius 2 is 2.00 bits per heavy atom. The molecule has 0 aromatic carbocycles. The van der Waals surface area contributed by atoms with E-state index in [2.05, 4.69) is 17.2 Å². The van der Waals surface area contributed by atoms with Gasteiger partial charge in [0.05, 0.1) is 5.92 Å². The van der Waals surface area contributed by atoms with E-state index in [9.17, 15) is 14.4 Å². The lowest BCUT2D eigenvalue weighted by atomic mass is 9.80. The van der Waals surface area contributed by atoms with Gasteiger partial charge in [0.25, 0.3) is 0 Å². The Balaban J connectivity index is 1.88. The SMILES string of the molecule is C=CC(=O)N1CCC(C(C)(C)NC(=O)[C@@H]2CNC(=O)C2)CC1. The third kappa shape index (κ3) is 3.67. The van der Waals surface area contributed by atoms with Crippen LogP contribution in [-0.2, 0) is 14.4 Å². The number of amides is 3. The minimum Gasteiger partial charge on any atom is -0.355 e. The summed E-state index contributed by atoms with van der Waals surface area (Å²) in [5.74, 6) is -0.109. The highest BCUT2D eigenvalue weighted by Crippen LogP contribution is 2.28. The van der Waals surface area contributed by atoms with E-state index >= 15 is 0 Å². The van der Waals surface area contributed by atoms with E-state index in [-0.39, 0.29) is 35.6 Å². The first-order valence-corrected chi connectivity index (χ1v) is 7.83. The van der Waals surface area contributed by atoms with Gasteiger partial charge in [-0.1, -0.05) is 6.58 Å². The van der Waals surface area contributed by atoms with Crippen LogP contribution in [0.2, 0.25) is 0 Å². The summed E-state index contributed by atoms with van der Waals surface area (Å²) >= 11 is 0. The highest BCUT2D eigenvalue weighted by Gasteiger charge is 2.37. The Hall–Kier alpha value is -1.85. The van der Waals surface area contributed by atoms with Crippen molar-refractivity contribution in [3.05, 3.63) is 12.7 Å². The Morgan fingerprint density at radius 1 is 1.36 bits per heavy atom. The van der Waals surface area contributed by atoms with Gasteiger partial charge in [0.2, 0.25) is 17.7 Å². The van der Waals surface area contributed by atoms with Crippen molar-refractivity contribution in [2.75, 3.05) is 19.6 Å². The van der Waals surface area contributed by atoms with Gasteiger partial charge in [0, 0.05) is 31.6 Å². The molecule has 1 atom stereocenters. The minimum absolute atomic E-state index is 0.0316. The van der Waals surface area contributed by atoms with Gasteiger partial charge in [-0.05, 0) is 38.7 Å². The normalized spacial score (nSPS) is 23.1.